The fraction of sp³-hybridized carbons (Fsp3) is 0.440. The average Bonchev–Trinajstić information content (AvgIpc) is 2.82. The lowest BCUT2D eigenvalue weighted by molar-refractivity contribution is -0.140. The number of nitrogens with one attached hydrogen (secondary N) is 1. The molecule has 2 aromatic rings. The van der Waals surface area contributed by atoms with Crippen molar-refractivity contribution in [3.05, 3.63) is 57.7 Å². The molecule has 0 aliphatic heterocycles. The van der Waals surface area contributed by atoms with Crippen LogP contribution in [-0.4, -0.2) is 57.1 Å². The normalized spacial score (nSPS) is 13.0. The Balaban J connectivity index is 2.42. The summed E-state index contributed by atoms with van der Waals surface area (Å²) in [4.78, 5) is 28.2. The third-order valence-electron chi connectivity index (χ3n) is 5.69. The second-order valence-electron chi connectivity index (χ2n) is 8.36. The number of hydrogen-bond donors (Lipinski definition) is 1. The van der Waals surface area contributed by atoms with Crippen molar-refractivity contribution in [2.24, 2.45) is 0 Å². The molecule has 35 heavy (non-hydrogen) atoms. The predicted octanol–water partition coefficient (Wildman–Crippen LogP) is 3.79. The first kappa shape index (κ1) is 28.9. The van der Waals surface area contributed by atoms with Crippen LogP contribution in [0, 0.1) is 3.57 Å². The van der Waals surface area contributed by atoms with E-state index < -0.39 is 28.5 Å². The van der Waals surface area contributed by atoms with E-state index in [-0.39, 0.29) is 18.5 Å². The van der Waals surface area contributed by atoms with E-state index in [2.05, 4.69) is 27.9 Å². The Morgan fingerprint density at radius 1 is 1.03 bits per heavy atom. The molecular weight excluding hydrogens is 581 g/mol. The van der Waals surface area contributed by atoms with Gasteiger partial charge >= 0.3 is 0 Å². The molecule has 0 radical (unpaired) electrons. The van der Waals surface area contributed by atoms with Crippen molar-refractivity contribution in [3.8, 4) is 5.75 Å². The van der Waals surface area contributed by atoms with E-state index >= 15 is 0 Å². The summed E-state index contributed by atoms with van der Waals surface area (Å²) in [5.41, 5.74) is 1.19. The standard InChI is InChI=1S/C25H34IN3O5S/c1-6-18(3)27-25(31)23(7-2)28(16-19-8-14-22(34-4)15-9-19)24(30)17-29(35(5,32)33)21-12-10-20(26)11-13-21/h8-15,18,23H,6-7,16-17H2,1-5H3,(H,27,31)/t18-,23+/m0/s1. The third-order valence-corrected chi connectivity index (χ3v) is 7.55. The maximum atomic E-state index is 13.6. The lowest BCUT2D eigenvalue weighted by atomic mass is 10.1. The van der Waals surface area contributed by atoms with Crippen LogP contribution in [0.15, 0.2) is 48.5 Å². The molecule has 1 N–H and O–H groups in total. The van der Waals surface area contributed by atoms with Gasteiger partial charge in [0, 0.05) is 16.2 Å². The summed E-state index contributed by atoms with van der Waals surface area (Å²) in [6, 6.07) is 13.3. The lowest BCUT2D eigenvalue weighted by Crippen LogP contribution is -2.53. The zero-order chi connectivity index (χ0) is 26.2. The molecule has 2 amide bonds. The summed E-state index contributed by atoms with van der Waals surface area (Å²) in [5, 5.41) is 2.96. The van der Waals surface area contributed by atoms with Crippen LogP contribution in [0.25, 0.3) is 0 Å². The maximum absolute atomic E-state index is 13.6. The number of carbonyl (C=O) groups is 2. The Bertz CT molecular complexity index is 1090. The number of amides is 2. The van der Waals surface area contributed by atoms with Crippen LogP contribution in [0.5, 0.6) is 5.75 Å². The Hall–Kier alpha value is -2.34. The van der Waals surface area contributed by atoms with E-state index in [1.165, 1.54) is 4.90 Å². The third kappa shape index (κ3) is 8.38. The van der Waals surface area contributed by atoms with Gasteiger partial charge in [0.05, 0.1) is 19.1 Å². The van der Waals surface area contributed by atoms with Gasteiger partial charge in [0.15, 0.2) is 0 Å². The number of halogens is 1. The number of carbonyl (C=O) groups excluding carboxylic acids is 2. The molecule has 0 saturated heterocycles. The van der Waals surface area contributed by atoms with Crippen LogP contribution in [0.4, 0.5) is 5.69 Å². The minimum Gasteiger partial charge on any atom is -0.497 e. The summed E-state index contributed by atoms with van der Waals surface area (Å²) in [5.74, 6) is -0.0463. The fourth-order valence-electron chi connectivity index (χ4n) is 3.51. The molecule has 0 unspecified atom stereocenters. The first-order valence-electron chi connectivity index (χ1n) is 11.5. The molecule has 0 aliphatic rings. The van der Waals surface area contributed by atoms with Crippen LogP contribution >= 0.6 is 22.6 Å². The lowest BCUT2D eigenvalue weighted by Gasteiger charge is -2.33. The molecule has 0 bridgehead atoms. The van der Waals surface area contributed by atoms with Gasteiger partial charge in [-0.3, -0.25) is 13.9 Å². The van der Waals surface area contributed by atoms with Crippen molar-refractivity contribution < 1.29 is 22.7 Å². The van der Waals surface area contributed by atoms with E-state index in [4.69, 9.17) is 4.74 Å². The van der Waals surface area contributed by atoms with Gasteiger partial charge in [0.25, 0.3) is 0 Å². The van der Waals surface area contributed by atoms with E-state index in [1.807, 2.05) is 32.9 Å². The van der Waals surface area contributed by atoms with Crippen molar-refractivity contribution in [1.29, 1.82) is 0 Å². The predicted molar refractivity (Wildman–Crippen MR) is 147 cm³/mol. The minimum atomic E-state index is -3.75. The minimum absolute atomic E-state index is 0.0474. The van der Waals surface area contributed by atoms with Crippen LogP contribution in [0.3, 0.4) is 0 Å². The van der Waals surface area contributed by atoms with Crippen LogP contribution in [0.1, 0.15) is 39.2 Å². The number of nitrogens with zero attached hydrogens (tertiary/aromatic N) is 2. The second kappa shape index (κ2) is 13.1. The molecular formula is C25H34IN3O5S. The molecule has 2 atom stereocenters. The highest BCUT2D eigenvalue weighted by Gasteiger charge is 2.32. The number of methoxy groups -OCH3 is 1. The van der Waals surface area contributed by atoms with E-state index in [0.29, 0.717) is 17.9 Å². The highest BCUT2D eigenvalue weighted by atomic mass is 127. The number of rotatable bonds is 12. The molecule has 0 aliphatic carbocycles. The topological polar surface area (TPSA) is 96.0 Å². The summed E-state index contributed by atoms with van der Waals surface area (Å²) in [7, 11) is -2.18. The fourth-order valence-corrected chi connectivity index (χ4v) is 4.72. The largest absolute Gasteiger partial charge is 0.497 e. The van der Waals surface area contributed by atoms with Crippen molar-refractivity contribution in [2.45, 2.75) is 52.2 Å². The molecule has 2 rings (SSSR count). The first-order valence-corrected chi connectivity index (χ1v) is 14.4. The second-order valence-corrected chi connectivity index (χ2v) is 11.5. The molecule has 0 spiro atoms. The van der Waals surface area contributed by atoms with Gasteiger partial charge < -0.3 is 15.0 Å². The van der Waals surface area contributed by atoms with E-state index in [1.54, 1.807) is 43.5 Å². The van der Waals surface area contributed by atoms with Crippen molar-refractivity contribution in [1.82, 2.24) is 10.2 Å². The number of anilines is 1. The van der Waals surface area contributed by atoms with Gasteiger partial charge in [-0.2, -0.15) is 0 Å². The Kier molecular flexibility index (Phi) is 10.8. The first-order chi connectivity index (χ1) is 16.5. The Morgan fingerprint density at radius 2 is 1.63 bits per heavy atom. The quantitative estimate of drug-likeness (QED) is 0.367. The van der Waals surface area contributed by atoms with Gasteiger partial charge in [-0.05, 0) is 84.3 Å². The highest BCUT2D eigenvalue weighted by Crippen LogP contribution is 2.21. The zero-order valence-corrected chi connectivity index (χ0v) is 23.8. The van der Waals surface area contributed by atoms with Gasteiger partial charge in [-0.25, -0.2) is 8.42 Å². The van der Waals surface area contributed by atoms with Crippen LogP contribution in [0.2, 0.25) is 0 Å². The molecule has 0 aromatic heterocycles. The summed E-state index contributed by atoms with van der Waals surface area (Å²) < 4.78 is 32.5. The van der Waals surface area contributed by atoms with Gasteiger partial charge in [-0.1, -0.05) is 26.0 Å². The Morgan fingerprint density at radius 3 is 2.11 bits per heavy atom. The number of ether oxygens (including phenoxy) is 1. The summed E-state index contributed by atoms with van der Waals surface area (Å²) >= 11 is 2.13. The molecule has 0 heterocycles. The zero-order valence-electron chi connectivity index (χ0n) is 20.8. The number of sulfonamides is 1. The van der Waals surface area contributed by atoms with Crippen molar-refractivity contribution in [3.63, 3.8) is 0 Å². The number of hydrogen-bond acceptors (Lipinski definition) is 5. The number of benzene rings is 2. The van der Waals surface area contributed by atoms with Crippen molar-refractivity contribution in [2.75, 3.05) is 24.2 Å². The average molecular weight is 616 g/mol. The highest BCUT2D eigenvalue weighted by molar-refractivity contribution is 14.1. The summed E-state index contributed by atoms with van der Waals surface area (Å²) in [6.07, 6.45) is 2.20. The Labute approximate surface area is 222 Å². The van der Waals surface area contributed by atoms with Crippen LogP contribution in [-0.2, 0) is 26.2 Å². The van der Waals surface area contributed by atoms with Crippen LogP contribution < -0.4 is 14.4 Å². The molecule has 2 aromatic carbocycles. The molecule has 192 valence electrons. The van der Waals surface area contributed by atoms with E-state index in [0.717, 1.165) is 26.1 Å². The van der Waals surface area contributed by atoms with Gasteiger partial charge in [0.1, 0.15) is 18.3 Å². The summed E-state index contributed by atoms with van der Waals surface area (Å²) in [6.45, 7) is 5.45. The van der Waals surface area contributed by atoms with E-state index in [9.17, 15) is 18.0 Å². The van der Waals surface area contributed by atoms with Gasteiger partial charge in [-0.15, -0.1) is 0 Å². The molecule has 10 heteroatoms. The maximum Gasteiger partial charge on any atom is 0.244 e. The van der Waals surface area contributed by atoms with Gasteiger partial charge in [0.2, 0.25) is 21.8 Å². The smallest absolute Gasteiger partial charge is 0.244 e. The molecule has 0 fully saturated rings. The molecule has 0 saturated carbocycles. The monoisotopic (exact) mass is 615 g/mol. The van der Waals surface area contributed by atoms with Crippen molar-refractivity contribution >= 4 is 50.1 Å². The molecule has 8 nitrogen and oxygen atoms in total. The SMILES string of the molecule is CC[C@H](C(=O)N[C@@H](C)CC)N(Cc1ccc(OC)cc1)C(=O)CN(c1ccc(I)cc1)S(C)(=O)=O.